The molecule has 5 rings (SSSR count). The molecule has 1 saturated carbocycles. The standard InChI is InChI=1S/C21H26N6O3/c1-14-6-7-22-21(23-14)24-15-2-4-17(5-3-15)29-19-13-16(27-8-10-28-11-9-27)12-18-20(19)26-30-25-18/h6-7,12-13,15,17H,2-5,8-11H2,1H3,(H,22,23,24). The van der Waals surface area contributed by atoms with Gasteiger partial charge in [-0.1, -0.05) is 0 Å². The number of hydrogen-bond acceptors (Lipinski definition) is 9. The van der Waals surface area contributed by atoms with Gasteiger partial charge in [-0.15, -0.1) is 0 Å². The third kappa shape index (κ3) is 4.16. The molecular weight excluding hydrogens is 384 g/mol. The summed E-state index contributed by atoms with van der Waals surface area (Å²) in [4.78, 5) is 11.0. The molecule has 9 nitrogen and oxygen atoms in total. The lowest BCUT2D eigenvalue weighted by Crippen LogP contribution is -2.36. The first kappa shape index (κ1) is 19.0. The van der Waals surface area contributed by atoms with E-state index in [1.165, 1.54) is 0 Å². The Morgan fingerprint density at radius 1 is 1.10 bits per heavy atom. The minimum Gasteiger partial charge on any atom is -0.488 e. The third-order valence-corrected chi connectivity index (χ3v) is 5.78. The molecule has 0 unspecified atom stereocenters. The van der Waals surface area contributed by atoms with E-state index in [0.29, 0.717) is 17.5 Å². The summed E-state index contributed by atoms with van der Waals surface area (Å²) in [6.45, 7) is 5.14. The highest BCUT2D eigenvalue weighted by Crippen LogP contribution is 2.33. The van der Waals surface area contributed by atoms with Crippen LogP contribution in [-0.4, -0.2) is 58.7 Å². The predicted octanol–water partition coefficient (Wildman–Crippen LogP) is 2.96. The lowest BCUT2D eigenvalue weighted by atomic mass is 9.93. The van der Waals surface area contributed by atoms with Gasteiger partial charge in [0.2, 0.25) is 5.95 Å². The Morgan fingerprint density at radius 3 is 2.73 bits per heavy atom. The van der Waals surface area contributed by atoms with E-state index in [4.69, 9.17) is 14.1 Å². The topological polar surface area (TPSA) is 98.4 Å². The molecule has 9 heteroatoms. The summed E-state index contributed by atoms with van der Waals surface area (Å²) in [6, 6.07) is 6.33. The van der Waals surface area contributed by atoms with Gasteiger partial charge in [0.05, 0.1) is 19.3 Å². The van der Waals surface area contributed by atoms with Gasteiger partial charge in [-0.2, -0.15) is 0 Å². The van der Waals surface area contributed by atoms with Crippen molar-refractivity contribution in [1.82, 2.24) is 20.3 Å². The van der Waals surface area contributed by atoms with Crippen LogP contribution < -0.4 is 15.0 Å². The van der Waals surface area contributed by atoms with Crippen molar-refractivity contribution in [2.75, 3.05) is 36.5 Å². The van der Waals surface area contributed by atoms with Crippen LogP contribution in [0.15, 0.2) is 29.0 Å². The van der Waals surface area contributed by atoms with E-state index in [1.54, 1.807) is 6.20 Å². The molecule has 1 aliphatic heterocycles. The molecule has 1 aromatic carbocycles. The van der Waals surface area contributed by atoms with E-state index < -0.39 is 0 Å². The first-order valence-electron chi connectivity index (χ1n) is 10.6. The van der Waals surface area contributed by atoms with E-state index >= 15 is 0 Å². The number of nitrogens with one attached hydrogen (secondary N) is 1. The van der Waals surface area contributed by atoms with Crippen molar-refractivity contribution in [1.29, 1.82) is 0 Å². The van der Waals surface area contributed by atoms with Crippen LogP contribution >= 0.6 is 0 Å². The fraction of sp³-hybridized carbons (Fsp3) is 0.524. The minimum atomic E-state index is 0.140. The van der Waals surface area contributed by atoms with E-state index in [-0.39, 0.29) is 6.10 Å². The summed E-state index contributed by atoms with van der Waals surface area (Å²) < 4.78 is 16.8. The molecule has 1 saturated heterocycles. The number of morpholine rings is 1. The normalized spacial score (nSPS) is 22.2. The van der Waals surface area contributed by atoms with Crippen molar-refractivity contribution in [3.63, 3.8) is 0 Å². The van der Waals surface area contributed by atoms with Gasteiger partial charge in [0.1, 0.15) is 5.52 Å². The average Bonchev–Trinajstić information content (AvgIpc) is 3.25. The molecule has 0 bridgehead atoms. The Kier molecular flexibility index (Phi) is 5.35. The molecule has 0 radical (unpaired) electrons. The van der Waals surface area contributed by atoms with Crippen LogP contribution in [0.4, 0.5) is 11.6 Å². The van der Waals surface area contributed by atoms with Crippen molar-refractivity contribution in [3.8, 4) is 5.75 Å². The molecule has 158 valence electrons. The zero-order valence-corrected chi connectivity index (χ0v) is 17.1. The predicted molar refractivity (Wildman–Crippen MR) is 112 cm³/mol. The van der Waals surface area contributed by atoms with Gasteiger partial charge in [0.25, 0.3) is 0 Å². The van der Waals surface area contributed by atoms with Crippen LogP contribution in [0.5, 0.6) is 5.75 Å². The highest BCUT2D eigenvalue weighted by atomic mass is 16.6. The SMILES string of the molecule is Cc1ccnc(NC2CCC(Oc3cc(N4CCOCC4)cc4nonc34)CC2)n1. The number of hydrogen-bond donors (Lipinski definition) is 1. The zero-order chi connectivity index (χ0) is 20.3. The summed E-state index contributed by atoms with van der Waals surface area (Å²) in [6.07, 6.45) is 5.85. The molecule has 2 aromatic heterocycles. The van der Waals surface area contributed by atoms with E-state index in [1.807, 2.05) is 19.1 Å². The Labute approximate surface area is 174 Å². The van der Waals surface area contributed by atoms with E-state index in [9.17, 15) is 0 Å². The van der Waals surface area contributed by atoms with E-state index in [2.05, 4.69) is 36.6 Å². The maximum atomic E-state index is 6.40. The molecule has 2 fully saturated rings. The average molecular weight is 410 g/mol. The lowest BCUT2D eigenvalue weighted by molar-refractivity contribution is 0.122. The third-order valence-electron chi connectivity index (χ3n) is 5.78. The zero-order valence-electron chi connectivity index (χ0n) is 17.1. The lowest BCUT2D eigenvalue weighted by Gasteiger charge is -2.31. The number of aromatic nitrogens is 4. The Hall–Kier alpha value is -2.94. The summed E-state index contributed by atoms with van der Waals surface area (Å²) in [5.74, 6) is 1.45. The first-order valence-corrected chi connectivity index (χ1v) is 10.6. The second kappa shape index (κ2) is 8.43. The van der Waals surface area contributed by atoms with Crippen molar-refractivity contribution < 1.29 is 14.1 Å². The second-order valence-corrected chi connectivity index (χ2v) is 7.93. The molecule has 0 spiro atoms. The maximum Gasteiger partial charge on any atom is 0.223 e. The van der Waals surface area contributed by atoms with Crippen molar-refractivity contribution >= 4 is 22.7 Å². The van der Waals surface area contributed by atoms with Crippen LogP contribution in [0.2, 0.25) is 0 Å². The van der Waals surface area contributed by atoms with Crippen molar-refractivity contribution in [2.24, 2.45) is 0 Å². The number of aryl methyl sites for hydroxylation is 1. The largest absolute Gasteiger partial charge is 0.488 e. The van der Waals surface area contributed by atoms with Crippen LogP contribution in [0.25, 0.3) is 11.0 Å². The van der Waals surface area contributed by atoms with Gasteiger partial charge in [-0.05, 0) is 55.1 Å². The van der Waals surface area contributed by atoms with Crippen LogP contribution in [0.3, 0.4) is 0 Å². The second-order valence-electron chi connectivity index (χ2n) is 7.93. The van der Waals surface area contributed by atoms with Crippen molar-refractivity contribution in [3.05, 3.63) is 30.1 Å². The molecule has 30 heavy (non-hydrogen) atoms. The summed E-state index contributed by atoms with van der Waals surface area (Å²) in [5.41, 5.74) is 3.44. The highest BCUT2D eigenvalue weighted by molar-refractivity contribution is 5.84. The number of fused-ring (bicyclic) bond motifs is 1. The van der Waals surface area contributed by atoms with Crippen molar-refractivity contribution in [2.45, 2.75) is 44.8 Å². The first-order chi connectivity index (χ1) is 14.7. The molecule has 3 heterocycles. The molecule has 0 atom stereocenters. The highest BCUT2D eigenvalue weighted by Gasteiger charge is 2.25. The molecular formula is C21H26N6O3. The fourth-order valence-electron chi connectivity index (χ4n) is 4.15. The molecule has 0 amide bonds. The van der Waals surface area contributed by atoms with Crippen LogP contribution in [-0.2, 0) is 4.74 Å². The van der Waals surface area contributed by atoms with Gasteiger partial charge in [0.15, 0.2) is 11.3 Å². The van der Waals surface area contributed by atoms with Gasteiger partial charge < -0.3 is 19.7 Å². The molecule has 2 aliphatic rings. The number of anilines is 2. The van der Waals surface area contributed by atoms with Gasteiger partial charge >= 0.3 is 0 Å². The van der Waals surface area contributed by atoms with E-state index in [0.717, 1.165) is 74.6 Å². The maximum absolute atomic E-state index is 6.40. The van der Waals surface area contributed by atoms with Crippen LogP contribution in [0, 0.1) is 6.92 Å². The Balaban J connectivity index is 1.25. The Morgan fingerprint density at radius 2 is 1.93 bits per heavy atom. The van der Waals surface area contributed by atoms with Gasteiger partial charge in [-0.25, -0.2) is 14.6 Å². The quantitative estimate of drug-likeness (QED) is 0.680. The monoisotopic (exact) mass is 410 g/mol. The summed E-state index contributed by atoms with van der Waals surface area (Å²) in [5, 5.41) is 11.6. The van der Waals surface area contributed by atoms with Crippen LogP contribution in [0.1, 0.15) is 31.4 Å². The molecule has 1 aliphatic carbocycles. The smallest absolute Gasteiger partial charge is 0.223 e. The number of benzene rings is 1. The summed E-state index contributed by atoms with van der Waals surface area (Å²) >= 11 is 0. The number of nitrogens with zero attached hydrogens (tertiary/aromatic N) is 5. The molecule has 3 aromatic rings. The minimum absolute atomic E-state index is 0.140. The van der Waals surface area contributed by atoms with Gasteiger partial charge in [0, 0.05) is 42.8 Å². The molecule has 1 N–H and O–H groups in total. The summed E-state index contributed by atoms with van der Waals surface area (Å²) in [7, 11) is 0. The van der Waals surface area contributed by atoms with Gasteiger partial charge in [-0.3, -0.25) is 0 Å². The Bertz CT molecular complexity index is 995. The fourth-order valence-corrected chi connectivity index (χ4v) is 4.15. The number of ether oxygens (including phenoxy) is 2. The number of rotatable bonds is 5.